The number of benzene rings is 1. The average molecular weight is 374 g/mol. The highest BCUT2D eigenvalue weighted by Gasteiger charge is 2.17. The van der Waals surface area contributed by atoms with Gasteiger partial charge in [0.2, 0.25) is 10.0 Å². The van der Waals surface area contributed by atoms with Gasteiger partial charge in [0.1, 0.15) is 0 Å². The minimum atomic E-state index is -3.75. The Balaban J connectivity index is 2.12. The number of carbonyl (C=O) groups is 1. The topological polar surface area (TPSA) is 112 Å². The molecular formula is C12H12BrN3O4S. The molecule has 2 aromatic rings. The van der Waals surface area contributed by atoms with Gasteiger partial charge in [-0.2, -0.15) is 0 Å². The molecule has 0 aliphatic carbocycles. The maximum Gasteiger partial charge on any atom is 0.336 e. The lowest BCUT2D eigenvalue weighted by Crippen LogP contribution is -2.26. The molecule has 3 N–H and O–H groups in total. The van der Waals surface area contributed by atoms with Crippen LogP contribution in [0.15, 0.2) is 40.1 Å². The van der Waals surface area contributed by atoms with E-state index < -0.39 is 16.0 Å². The SMILES string of the molecule is O=C(O)c1cc(S(=O)(=O)NCCc2cnc[nH]2)ccc1Br. The van der Waals surface area contributed by atoms with Crippen molar-refractivity contribution in [3.8, 4) is 0 Å². The highest BCUT2D eigenvalue weighted by molar-refractivity contribution is 9.10. The molecular weight excluding hydrogens is 362 g/mol. The summed E-state index contributed by atoms with van der Waals surface area (Å²) in [5.41, 5.74) is 0.700. The second-order valence-electron chi connectivity index (χ2n) is 4.17. The monoisotopic (exact) mass is 373 g/mol. The Hall–Kier alpha value is -1.71. The lowest BCUT2D eigenvalue weighted by molar-refractivity contribution is 0.0695. The number of aromatic nitrogens is 2. The number of hydrogen-bond donors (Lipinski definition) is 3. The van der Waals surface area contributed by atoms with Gasteiger partial charge in [0, 0.05) is 29.3 Å². The van der Waals surface area contributed by atoms with Gasteiger partial charge in [0.15, 0.2) is 0 Å². The van der Waals surface area contributed by atoms with Gasteiger partial charge >= 0.3 is 5.97 Å². The number of rotatable bonds is 6. The van der Waals surface area contributed by atoms with Gasteiger partial charge in [-0.15, -0.1) is 0 Å². The first-order valence-electron chi connectivity index (χ1n) is 5.90. The number of halogens is 1. The Morgan fingerprint density at radius 1 is 1.43 bits per heavy atom. The summed E-state index contributed by atoms with van der Waals surface area (Å²) >= 11 is 3.07. The lowest BCUT2D eigenvalue weighted by atomic mass is 10.2. The van der Waals surface area contributed by atoms with E-state index in [2.05, 4.69) is 30.6 Å². The molecule has 0 saturated carbocycles. The van der Waals surface area contributed by atoms with Gasteiger partial charge in [-0.1, -0.05) is 0 Å². The first-order chi connectivity index (χ1) is 9.90. The number of nitrogens with zero attached hydrogens (tertiary/aromatic N) is 1. The largest absolute Gasteiger partial charge is 0.478 e. The van der Waals surface area contributed by atoms with Crippen LogP contribution in [0, 0.1) is 0 Å². The van der Waals surface area contributed by atoms with Crippen molar-refractivity contribution in [3.05, 3.63) is 46.5 Å². The van der Waals surface area contributed by atoms with E-state index in [0.29, 0.717) is 10.9 Å². The van der Waals surface area contributed by atoms with E-state index in [4.69, 9.17) is 5.11 Å². The molecule has 1 heterocycles. The lowest BCUT2D eigenvalue weighted by Gasteiger charge is -2.08. The molecule has 0 amide bonds. The molecule has 0 bridgehead atoms. The van der Waals surface area contributed by atoms with Gasteiger partial charge in [-0.3, -0.25) is 0 Å². The van der Waals surface area contributed by atoms with Gasteiger partial charge in [-0.25, -0.2) is 22.9 Å². The van der Waals surface area contributed by atoms with Crippen LogP contribution in [0.1, 0.15) is 16.1 Å². The minimum absolute atomic E-state index is 0.0901. The molecule has 2 rings (SSSR count). The third-order valence-corrected chi connectivity index (χ3v) is 4.87. The van der Waals surface area contributed by atoms with E-state index in [1.165, 1.54) is 18.5 Å². The number of imidazole rings is 1. The predicted molar refractivity (Wildman–Crippen MR) is 78.6 cm³/mol. The number of carboxylic acid groups (broad SMARTS) is 1. The number of nitrogens with one attached hydrogen (secondary N) is 2. The summed E-state index contributed by atoms with van der Waals surface area (Å²) in [5.74, 6) is -1.20. The van der Waals surface area contributed by atoms with Crippen molar-refractivity contribution in [2.24, 2.45) is 0 Å². The second kappa shape index (κ2) is 6.37. The standard InChI is InChI=1S/C12H12BrN3O4S/c13-11-2-1-9(5-10(11)12(17)18)21(19,20)16-4-3-8-6-14-7-15-8/h1-2,5-7,16H,3-4H2,(H,14,15)(H,17,18). The molecule has 7 nitrogen and oxygen atoms in total. The van der Waals surface area contributed by atoms with Crippen molar-refractivity contribution in [1.29, 1.82) is 0 Å². The smallest absolute Gasteiger partial charge is 0.336 e. The zero-order chi connectivity index (χ0) is 15.5. The van der Waals surface area contributed by atoms with Crippen LogP contribution < -0.4 is 4.72 Å². The highest BCUT2D eigenvalue weighted by atomic mass is 79.9. The van der Waals surface area contributed by atoms with E-state index in [0.717, 1.165) is 11.8 Å². The van der Waals surface area contributed by atoms with Crippen LogP contribution in [-0.4, -0.2) is 36.0 Å². The fourth-order valence-electron chi connectivity index (χ4n) is 1.66. The third-order valence-electron chi connectivity index (χ3n) is 2.72. The number of aromatic carboxylic acids is 1. The van der Waals surface area contributed by atoms with E-state index >= 15 is 0 Å². The average Bonchev–Trinajstić information content (AvgIpc) is 2.91. The van der Waals surface area contributed by atoms with Crippen molar-refractivity contribution >= 4 is 31.9 Å². The predicted octanol–water partition coefficient (Wildman–Crippen LogP) is 1.39. The number of hydrogen-bond acceptors (Lipinski definition) is 4. The van der Waals surface area contributed by atoms with Crippen LogP contribution in [0.25, 0.3) is 0 Å². The first kappa shape index (κ1) is 15.7. The molecule has 1 aromatic heterocycles. The van der Waals surface area contributed by atoms with E-state index in [9.17, 15) is 13.2 Å². The van der Waals surface area contributed by atoms with Gasteiger partial charge in [0.05, 0.1) is 16.8 Å². The molecule has 0 fully saturated rings. The summed E-state index contributed by atoms with van der Waals surface area (Å²) < 4.78 is 26.9. The van der Waals surface area contributed by atoms with Crippen molar-refractivity contribution in [2.75, 3.05) is 6.54 Å². The summed E-state index contributed by atoms with van der Waals surface area (Å²) in [4.78, 5) is 17.6. The van der Waals surface area contributed by atoms with Gasteiger partial charge < -0.3 is 10.1 Å². The summed E-state index contributed by atoms with van der Waals surface area (Å²) in [6, 6.07) is 3.85. The Labute approximate surface area is 129 Å². The molecule has 112 valence electrons. The van der Waals surface area contributed by atoms with Crippen LogP contribution >= 0.6 is 15.9 Å². The van der Waals surface area contributed by atoms with Crippen LogP contribution in [0.2, 0.25) is 0 Å². The van der Waals surface area contributed by atoms with Crippen molar-refractivity contribution in [1.82, 2.24) is 14.7 Å². The third kappa shape index (κ3) is 3.90. The zero-order valence-electron chi connectivity index (χ0n) is 10.7. The van der Waals surface area contributed by atoms with Crippen LogP contribution in [0.3, 0.4) is 0 Å². The Bertz CT molecular complexity index is 744. The number of H-pyrrole nitrogens is 1. The fourth-order valence-corrected chi connectivity index (χ4v) is 3.13. The molecule has 0 radical (unpaired) electrons. The van der Waals surface area contributed by atoms with E-state index in [-0.39, 0.29) is 17.0 Å². The summed E-state index contributed by atoms with van der Waals surface area (Å²) in [7, 11) is -3.75. The quantitative estimate of drug-likeness (QED) is 0.708. The first-order valence-corrected chi connectivity index (χ1v) is 8.17. The minimum Gasteiger partial charge on any atom is -0.478 e. The maximum atomic E-state index is 12.1. The Kier molecular flexibility index (Phi) is 4.76. The van der Waals surface area contributed by atoms with Crippen LogP contribution in [0.5, 0.6) is 0 Å². The van der Waals surface area contributed by atoms with Gasteiger partial charge in [-0.05, 0) is 34.1 Å². The normalized spacial score (nSPS) is 11.5. The molecule has 21 heavy (non-hydrogen) atoms. The molecule has 0 atom stereocenters. The summed E-state index contributed by atoms with van der Waals surface area (Å²) in [6.07, 6.45) is 3.58. The molecule has 1 aromatic carbocycles. The molecule has 0 aliphatic heterocycles. The maximum absolute atomic E-state index is 12.1. The van der Waals surface area contributed by atoms with Crippen LogP contribution in [0.4, 0.5) is 0 Å². The Morgan fingerprint density at radius 3 is 2.81 bits per heavy atom. The Morgan fingerprint density at radius 2 is 2.19 bits per heavy atom. The summed E-state index contributed by atoms with van der Waals surface area (Å²) in [5, 5.41) is 9.00. The van der Waals surface area contributed by atoms with Crippen LogP contribution in [-0.2, 0) is 16.4 Å². The van der Waals surface area contributed by atoms with E-state index in [1.54, 1.807) is 6.20 Å². The molecule has 0 aliphatic rings. The molecule has 9 heteroatoms. The molecule has 0 spiro atoms. The van der Waals surface area contributed by atoms with Crippen molar-refractivity contribution < 1.29 is 18.3 Å². The highest BCUT2D eigenvalue weighted by Crippen LogP contribution is 2.21. The number of aromatic amines is 1. The van der Waals surface area contributed by atoms with Gasteiger partial charge in [0.25, 0.3) is 0 Å². The van der Waals surface area contributed by atoms with Crippen molar-refractivity contribution in [2.45, 2.75) is 11.3 Å². The van der Waals surface area contributed by atoms with Crippen molar-refractivity contribution in [3.63, 3.8) is 0 Å². The zero-order valence-corrected chi connectivity index (χ0v) is 13.1. The summed E-state index contributed by atoms with van der Waals surface area (Å²) in [6.45, 7) is 0.184. The molecule has 0 saturated heterocycles. The molecule has 0 unspecified atom stereocenters. The fraction of sp³-hybridized carbons (Fsp3) is 0.167. The second-order valence-corrected chi connectivity index (χ2v) is 6.79. The number of sulfonamides is 1. The number of carboxylic acids is 1. The van der Waals surface area contributed by atoms with E-state index in [1.807, 2.05) is 0 Å².